The van der Waals surface area contributed by atoms with Crippen molar-refractivity contribution in [1.82, 2.24) is 5.32 Å². The molecule has 1 heterocycles. The Morgan fingerprint density at radius 1 is 1.18 bits per heavy atom. The standard InChI is InChI=1S/C22H20N2O7S2/c1-15-7-8-17(24(27)28)14-16(15)6-4-3-5-13-22(20(25)23-21(26)32-22)33(29,30)19-11-9-18(31-2)10-12-19/h7-12,14H,3,5,13H2,1-2H3,(H,23,25,26). The van der Waals surface area contributed by atoms with Gasteiger partial charge >= 0.3 is 0 Å². The van der Waals surface area contributed by atoms with Crippen LogP contribution < -0.4 is 10.1 Å². The van der Waals surface area contributed by atoms with Gasteiger partial charge in [-0.2, -0.15) is 0 Å². The van der Waals surface area contributed by atoms with Crippen molar-refractivity contribution in [2.45, 2.75) is 35.2 Å². The number of imide groups is 1. The van der Waals surface area contributed by atoms with Gasteiger partial charge in [0.1, 0.15) is 5.75 Å². The third kappa shape index (κ3) is 4.86. The van der Waals surface area contributed by atoms with E-state index < -0.39 is 30.0 Å². The van der Waals surface area contributed by atoms with Crippen LogP contribution in [0, 0.1) is 28.9 Å². The lowest BCUT2D eigenvalue weighted by atomic mass is 10.1. The molecule has 1 atom stereocenters. The fourth-order valence-corrected chi connectivity index (χ4v) is 6.63. The van der Waals surface area contributed by atoms with E-state index in [0.717, 1.165) is 5.56 Å². The summed E-state index contributed by atoms with van der Waals surface area (Å²) in [4.78, 5) is 34.9. The molecule has 0 aromatic heterocycles. The van der Waals surface area contributed by atoms with Gasteiger partial charge in [-0.25, -0.2) is 8.42 Å². The molecule has 2 aromatic rings. The first-order chi connectivity index (χ1) is 15.6. The van der Waals surface area contributed by atoms with Crippen LogP contribution in [0.2, 0.25) is 0 Å². The Labute approximate surface area is 195 Å². The Hall–Kier alpha value is -3.36. The van der Waals surface area contributed by atoms with Crippen LogP contribution >= 0.6 is 11.8 Å². The Kier molecular flexibility index (Phi) is 7.09. The van der Waals surface area contributed by atoms with Gasteiger partial charge in [-0.15, -0.1) is 0 Å². The summed E-state index contributed by atoms with van der Waals surface area (Å²) < 4.78 is 29.8. The predicted octanol–water partition coefficient (Wildman–Crippen LogP) is 3.59. The van der Waals surface area contributed by atoms with Crippen molar-refractivity contribution in [2.75, 3.05) is 7.11 Å². The van der Waals surface area contributed by atoms with E-state index in [1.807, 2.05) is 0 Å². The SMILES string of the molecule is COc1ccc(S(=O)(=O)C2(CCCC#Cc3cc([N+](=O)[O-])ccc3C)SC(=O)NC2=O)cc1. The largest absolute Gasteiger partial charge is 0.497 e. The van der Waals surface area contributed by atoms with E-state index in [4.69, 9.17) is 4.74 Å². The molecular formula is C22H20N2O7S2. The van der Waals surface area contributed by atoms with E-state index in [1.54, 1.807) is 13.0 Å². The summed E-state index contributed by atoms with van der Waals surface area (Å²) in [6, 6.07) is 9.95. The molecule has 33 heavy (non-hydrogen) atoms. The predicted molar refractivity (Wildman–Crippen MR) is 123 cm³/mol. The van der Waals surface area contributed by atoms with Crippen LogP contribution in [0.15, 0.2) is 47.4 Å². The van der Waals surface area contributed by atoms with Gasteiger partial charge in [-0.1, -0.05) is 17.9 Å². The number of sulfone groups is 1. The van der Waals surface area contributed by atoms with Crippen LogP contribution in [-0.4, -0.2) is 35.7 Å². The van der Waals surface area contributed by atoms with Crippen molar-refractivity contribution < 1.29 is 27.7 Å². The number of hydrogen-bond donors (Lipinski definition) is 1. The van der Waals surface area contributed by atoms with Crippen molar-refractivity contribution in [1.29, 1.82) is 0 Å². The number of hydrogen-bond acceptors (Lipinski definition) is 8. The summed E-state index contributed by atoms with van der Waals surface area (Å²) in [6.07, 6.45) is 0.306. The van der Waals surface area contributed by atoms with Crippen molar-refractivity contribution in [3.05, 3.63) is 63.7 Å². The molecule has 9 nitrogen and oxygen atoms in total. The Balaban J connectivity index is 1.81. The van der Waals surface area contributed by atoms with Crippen LogP contribution in [0.5, 0.6) is 5.75 Å². The number of amides is 2. The molecule has 0 saturated carbocycles. The number of nitrogens with zero attached hydrogens (tertiary/aromatic N) is 1. The van der Waals surface area contributed by atoms with Crippen LogP contribution in [0.1, 0.15) is 30.4 Å². The topological polar surface area (TPSA) is 133 Å². The molecule has 1 aliphatic heterocycles. The number of nitro groups is 1. The second-order valence-corrected chi connectivity index (χ2v) is 10.9. The summed E-state index contributed by atoms with van der Waals surface area (Å²) in [6.45, 7) is 1.77. The van der Waals surface area contributed by atoms with Gasteiger partial charge in [0, 0.05) is 24.1 Å². The second kappa shape index (κ2) is 9.64. The van der Waals surface area contributed by atoms with Gasteiger partial charge in [0.15, 0.2) is 0 Å². The lowest BCUT2D eigenvalue weighted by Crippen LogP contribution is -2.43. The third-order valence-corrected chi connectivity index (χ3v) is 9.15. The van der Waals surface area contributed by atoms with Crippen molar-refractivity contribution in [3.8, 4) is 17.6 Å². The molecule has 1 aliphatic rings. The maximum Gasteiger partial charge on any atom is 0.287 e. The third-order valence-electron chi connectivity index (χ3n) is 5.09. The molecule has 1 saturated heterocycles. The second-order valence-electron chi connectivity index (χ2n) is 7.19. The number of aryl methyl sites for hydroxylation is 1. The maximum absolute atomic E-state index is 13.4. The fourth-order valence-electron chi connectivity index (χ4n) is 3.26. The molecule has 11 heteroatoms. The number of thioether (sulfide) groups is 1. The number of methoxy groups -OCH3 is 1. The average Bonchev–Trinajstić information content (AvgIpc) is 3.08. The minimum absolute atomic E-state index is 0.0769. The molecular weight excluding hydrogens is 468 g/mol. The highest BCUT2D eigenvalue weighted by Gasteiger charge is 2.57. The van der Waals surface area contributed by atoms with E-state index in [0.29, 0.717) is 23.1 Å². The van der Waals surface area contributed by atoms with E-state index in [1.165, 1.54) is 43.5 Å². The van der Waals surface area contributed by atoms with Crippen molar-refractivity contribution >= 4 is 38.4 Å². The minimum atomic E-state index is -4.22. The molecule has 0 aliphatic carbocycles. The molecule has 3 rings (SSSR count). The zero-order chi connectivity index (χ0) is 24.2. The van der Waals surface area contributed by atoms with Crippen molar-refractivity contribution in [3.63, 3.8) is 0 Å². The zero-order valence-electron chi connectivity index (χ0n) is 17.8. The fraction of sp³-hybridized carbons (Fsp3) is 0.273. The van der Waals surface area contributed by atoms with Crippen LogP contribution in [0.25, 0.3) is 0 Å². The van der Waals surface area contributed by atoms with E-state index in [9.17, 15) is 28.1 Å². The summed E-state index contributed by atoms with van der Waals surface area (Å²) in [5.41, 5.74) is 1.18. The number of nitrogens with one attached hydrogen (secondary N) is 1. The molecule has 1 N–H and O–H groups in total. The number of benzene rings is 2. The van der Waals surface area contributed by atoms with Crippen LogP contribution in [0.3, 0.4) is 0 Å². The average molecular weight is 489 g/mol. The highest BCUT2D eigenvalue weighted by molar-refractivity contribution is 8.25. The van der Waals surface area contributed by atoms with E-state index >= 15 is 0 Å². The molecule has 172 valence electrons. The van der Waals surface area contributed by atoms with Gasteiger partial charge in [0.25, 0.3) is 16.8 Å². The molecule has 1 unspecified atom stereocenters. The lowest BCUT2D eigenvalue weighted by molar-refractivity contribution is -0.384. The number of rotatable bonds is 7. The Morgan fingerprint density at radius 2 is 1.88 bits per heavy atom. The zero-order valence-corrected chi connectivity index (χ0v) is 19.4. The first-order valence-corrected chi connectivity index (χ1v) is 12.1. The van der Waals surface area contributed by atoms with Gasteiger partial charge in [-0.3, -0.25) is 25.0 Å². The summed E-state index contributed by atoms with van der Waals surface area (Å²) in [7, 11) is -2.77. The first kappa shape index (κ1) is 24.3. The molecule has 0 radical (unpaired) electrons. The van der Waals surface area contributed by atoms with Crippen LogP contribution in [-0.2, 0) is 14.6 Å². The van der Waals surface area contributed by atoms with E-state index in [-0.39, 0.29) is 29.8 Å². The van der Waals surface area contributed by atoms with Crippen LogP contribution in [0.4, 0.5) is 10.5 Å². The number of non-ortho nitro benzene ring substituents is 1. The lowest BCUT2D eigenvalue weighted by Gasteiger charge is -2.24. The number of carbonyl (C=O) groups excluding carboxylic acids is 2. The number of carbonyl (C=O) groups is 2. The monoisotopic (exact) mass is 488 g/mol. The Morgan fingerprint density at radius 3 is 2.45 bits per heavy atom. The molecule has 0 spiro atoms. The summed E-state index contributed by atoms with van der Waals surface area (Å²) >= 11 is 0.453. The Bertz CT molecular complexity index is 1280. The van der Waals surface area contributed by atoms with Crippen molar-refractivity contribution in [2.24, 2.45) is 0 Å². The van der Waals surface area contributed by atoms with Gasteiger partial charge in [0.2, 0.25) is 13.9 Å². The first-order valence-electron chi connectivity index (χ1n) is 9.78. The van der Waals surface area contributed by atoms with E-state index in [2.05, 4.69) is 17.2 Å². The van der Waals surface area contributed by atoms with Gasteiger partial charge in [0.05, 0.1) is 16.9 Å². The molecule has 0 bridgehead atoms. The molecule has 2 amide bonds. The molecule has 1 fully saturated rings. The van der Waals surface area contributed by atoms with Gasteiger partial charge < -0.3 is 4.74 Å². The normalized spacial score (nSPS) is 17.8. The summed E-state index contributed by atoms with van der Waals surface area (Å²) in [5, 5.41) is 12.3. The number of nitro benzene ring substituents is 1. The number of ether oxygens (including phenoxy) is 1. The minimum Gasteiger partial charge on any atom is -0.497 e. The summed E-state index contributed by atoms with van der Waals surface area (Å²) in [5.74, 6) is 5.30. The maximum atomic E-state index is 13.4. The van der Waals surface area contributed by atoms with Gasteiger partial charge in [-0.05, 0) is 61.4 Å². The quantitative estimate of drug-likeness (QED) is 0.271. The smallest absolute Gasteiger partial charge is 0.287 e. The highest BCUT2D eigenvalue weighted by Crippen LogP contribution is 2.44. The highest BCUT2D eigenvalue weighted by atomic mass is 32.3. The number of unbranched alkanes of at least 4 members (excludes halogenated alkanes) is 1. The molecule has 2 aromatic carbocycles.